The fraction of sp³-hybridized carbons (Fsp3) is 0.286. The van der Waals surface area contributed by atoms with Crippen molar-refractivity contribution in [2.75, 3.05) is 19.6 Å². The average molecular weight is 431 g/mol. The second kappa shape index (κ2) is 9.25. The molecular weight excluding hydrogens is 402 g/mol. The number of rotatable bonds is 6. The number of aryl methyl sites for hydroxylation is 1. The minimum Gasteiger partial charge on any atom is -0.361 e. The summed E-state index contributed by atoms with van der Waals surface area (Å²) >= 11 is 0. The van der Waals surface area contributed by atoms with Crippen LogP contribution in [-0.4, -0.2) is 29.5 Å². The summed E-state index contributed by atoms with van der Waals surface area (Å²) in [6, 6.07) is 20.3. The summed E-state index contributed by atoms with van der Waals surface area (Å²) in [5.41, 5.74) is 5.55. The number of halogens is 2. The topological polar surface area (TPSA) is 19.0 Å². The molecule has 1 aliphatic rings. The van der Waals surface area contributed by atoms with Crippen LogP contribution >= 0.6 is 0 Å². The summed E-state index contributed by atoms with van der Waals surface area (Å²) in [5, 5.41) is 0.994. The number of nitrogens with one attached hydrogen (secondary N) is 1. The summed E-state index contributed by atoms with van der Waals surface area (Å²) in [7, 11) is 0. The largest absolute Gasteiger partial charge is 0.361 e. The van der Waals surface area contributed by atoms with E-state index in [-0.39, 0.29) is 11.6 Å². The monoisotopic (exact) mass is 430 g/mol. The fourth-order valence-corrected chi connectivity index (χ4v) is 5.07. The van der Waals surface area contributed by atoms with E-state index in [2.05, 4.69) is 22.0 Å². The molecule has 32 heavy (non-hydrogen) atoms. The maximum Gasteiger partial charge on any atom is 0.123 e. The van der Waals surface area contributed by atoms with Gasteiger partial charge in [-0.3, -0.25) is 0 Å². The molecule has 4 aromatic rings. The Labute approximate surface area is 187 Å². The van der Waals surface area contributed by atoms with Crippen LogP contribution in [-0.2, 0) is 6.42 Å². The van der Waals surface area contributed by atoms with Gasteiger partial charge in [-0.05, 0) is 104 Å². The molecule has 1 aromatic heterocycles. The first kappa shape index (κ1) is 20.9. The van der Waals surface area contributed by atoms with Crippen LogP contribution in [0.1, 0.15) is 36.3 Å². The third-order valence-corrected chi connectivity index (χ3v) is 6.78. The SMILES string of the molecule is Fc1ccc(C2CCN(CCCc3c[nH]c4ccc(F)cc34)CC2)c(-c2ccccc2)c1. The van der Waals surface area contributed by atoms with Crippen molar-refractivity contribution in [3.8, 4) is 11.1 Å². The van der Waals surface area contributed by atoms with Crippen molar-refractivity contribution in [3.63, 3.8) is 0 Å². The lowest BCUT2D eigenvalue weighted by atomic mass is 9.84. The van der Waals surface area contributed by atoms with E-state index in [1.54, 1.807) is 24.3 Å². The minimum atomic E-state index is -0.184. The van der Waals surface area contributed by atoms with Crippen molar-refractivity contribution < 1.29 is 8.78 Å². The number of piperidine rings is 1. The highest BCUT2D eigenvalue weighted by molar-refractivity contribution is 5.83. The van der Waals surface area contributed by atoms with E-state index in [9.17, 15) is 8.78 Å². The van der Waals surface area contributed by atoms with Crippen molar-refractivity contribution in [2.24, 2.45) is 0 Å². The maximum atomic E-state index is 14.0. The zero-order chi connectivity index (χ0) is 21.9. The molecule has 2 heterocycles. The number of aromatic amines is 1. The molecular formula is C28H28F2N2. The van der Waals surface area contributed by atoms with E-state index in [1.165, 1.54) is 17.2 Å². The number of fused-ring (bicyclic) bond motifs is 1. The van der Waals surface area contributed by atoms with Gasteiger partial charge in [-0.25, -0.2) is 8.78 Å². The van der Waals surface area contributed by atoms with Gasteiger partial charge in [0.25, 0.3) is 0 Å². The molecule has 3 aromatic carbocycles. The number of aromatic nitrogens is 1. The first-order chi connectivity index (χ1) is 15.7. The molecule has 1 saturated heterocycles. The van der Waals surface area contributed by atoms with E-state index in [1.807, 2.05) is 30.5 Å². The van der Waals surface area contributed by atoms with Gasteiger partial charge in [-0.2, -0.15) is 0 Å². The highest BCUT2D eigenvalue weighted by atomic mass is 19.1. The molecule has 0 unspecified atom stereocenters. The van der Waals surface area contributed by atoms with Crippen LogP contribution < -0.4 is 0 Å². The molecule has 4 heteroatoms. The Morgan fingerprint density at radius 3 is 2.44 bits per heavy atom. The van der Waals surface area contributed by atoms with E-state index < -0.39 is 0 Å². The van der Waals surface area contributed by atoms with Crippen molar-refractivity contribution in [1.82, 2.24) is 9.88 Å². The van der Waals surface area contributed by atoms with Gasteiger partial charge in [0.15, 0.2) is 0 Å². The summed E-state index contributed by atoms with van der Waals surface area (Å²) in [6.07, 6.45) is 6.18. The van der Waals surface area contributed by atoms with Gasteiger partial charge in [0.2, 0.25) is 0 Å². The van der Waals surface area contributed by atoms with E-state index in [0.717, 1.165) is 67.3 Å². The van der Waals surface area contributed by atoms with Crippen LogP contribution in [0.3, 0.4) is 0 Å². The smallest absolute Gasteiger partial charge is 0.123 e. The van der Waals surface area contributed by atoms with Crippen LogP contribution in [0, 0.1) is 11.6 Å². The first-order valence-corrected chi connectivity index (χ1v) is 11.5. The van der Waals surface area contributed by atoms with Crippen LogP contribution in [0.4, 0.5) is 8.78 Å². The average Bonchev–Trinajstić information content (AvgIpc) is 3.22. The highest BCUT2D eigenvalue weighted by Crippen LogP contribution is 2.36. The van der Waals surface area contributed by atoms with Crippen molar-refractivity contribution in [2.45, 2.75) is 31.6 Å². The van der Waals surface area contributed by atoms with E-state index >= 15 is 0 Å². The van der Waals surface area contributed by atoms with Crippen molar-refractivity contribution >= 4 is 10.9 Å². The van der Waals surface area contributed by atoms with Crippen LogP contribution in [0.25, 0.3) is 22.0 Å². The number of nitrogens with zero attached hydrogens (tertiary/aromatic N) is 1. The minimum absolute atomic E-state index is 0.179. The van der Waals surface area contributed by atoms with Gasteiger partial charge < -0.3 is 9.88 Å². The molecule has 0 spiro atoms. The Kier molecular flexibility index (Phi) is 6.04. The molecule has 1 aliphatic heterocycles. The molecule has 0 radical (unpaired) electrons. The lowest BCUT2D eigenvalue weighted by Crippen LogP contribution is -2.34. The summed E-state index contributed by atoms with van der Waals surface area (Å²) in [5.74, 6) is 0.0944. The van der Waals surface area contributed by atoms with Crippen molar-refractivity contribution in [1.29, 1.82) is 0 Å². The predicted molar refractivity (Wildman–Crippen MR) is 127 cm³/mol. The van der Waals surface area contributed by atoms with Crippen LogP contribution in [0.5, 0.6) is 0 Å². The number of H-pyrrole nitrogens is 1. The van der Waals surface area contributed by atoms with Crippen LogP contribution in [0.2, 0.25) is 0 Å². The lowest BCUT2D eigenvalue weighted by molar-refractivity contribution is 0.210. The molecule has 5 rings (SSSR count). The zero-order valence-electron chi connectivity index (χ0n) is 18.2. The highest BCUT2D eigenvalue weighted by Gasteiger charge is 2.23. The van der Waals surface area contributed by atoms with Crippen molar-refractivity contribution in [3.05, 3.63) is 95.7 Å². The normalized spacial score (nSPS) is 15.4. The quantitative estimate of drug-likeness (QED) is 0.352. The number of benzene rings is 3. The third kappa shape index (κ3) is 4.46. The van der Waals surface area contributed by atoms with E-state index in [0.29, 0.717) is 5.92 Å². The molecule has 0 bridgehead atoms. The first-order valence-electron chi connectivity index (χ1n) is 11.5. The Morgan fingerprint density at radius 1 is 0.875 bits per heavy atom. The Bertz CT molecular complexity index is 1190. The number of hydrogen-bond acceptors (Lipinski definition) is 1. The lowest BCUT2D eigenvalue weighted by Gasteiger charge is -2.33. The van der Waals surface area contributed by atoms with Gasteiger partial charge >= 0.3 is 0 Å². The van der Waals surface area contributed by atoms with Gasteiger partial charge in [0.05, 0.1) is 0 Å². The maximum absolute atomic E-state index is 14.0. The zero-order valence-corrected chi connectivity index (χ0v) is 18.2. The van der Waals surface area contributed by atoms with Gasteiger partial charge in [-0.1, -0.05) is 36.4 Å². The molecule has 0 saturated carbocycles. The Morgan fingerprint density at radius 2 is 1.62 bits per heavy atom. The second-order valence-electron chi connectivity index (χ2n) is 8.82. The number of likely N-dealkylation sites (tertiary alicyclic amines) is 1. The summed E-state index contributed by atoms with van der Waals surface area (Å²) in [6.45, 7) is 3.15. The fourth-order valence-electron chi connectivity index (χ4n) is 5.07. The molecule has 0 aliphatic carbocycles. The molecule has 0 atom stereocenters. The van der Waals surface area contributed by atoms with E-state index in [4.69, 9.17) is 0 Å². The molecule has 1 fully saturated rings. The molecule has 164 valence electrons. The Hall–Kier alpha value is -2.98. The standard InChI is InChI=1S/C28H28F2N2/c29-23-8-10-25(26(17-23)20-5-2-1-3-6-20)21-12-15-32(16-13-21)14-4-7-22-19-31-28-11-9-24(30)18-27(22)28/h1-3,5-6,8-11,17-19,21,31H,4,7,12-16H2. The molecule has 2 nitrogen and oxygen atoms in total. The second-order valence-corrected chi connectivity index (χ2v) is 8.82. The Balaban J connectivity index is 1.19. The van der Waals surface area contributed by atoms with Crippen LogP contribution in [0.15, 0.2) is 72.9 Å². The molecule has 1 N–H and O–H groups in total. The third-order valence-electron chi connectivity index (χ3n) is 6.78. The summed E-state index contributed by atoms with van der Waals surface area (Å²) in [4.78, 5) is 5.77. The molecule has 0 amide bonds. The van der Waals surface area contributed by atoms with Gasteiger partial charge in [0.1, 0.15) is 11.6 Å². The van der Waals surface area contributed by atoms with Gasteiger partial charge in [0, 0.05) is 17.1 Å². The predicted octanol–water partition coefficient (Wildman–Crippen LogP) is 6.93. The number of hydrogen-bond donors (Lipinski definition) is 1. The summed E-state index contributed by atoms with van der Waals surface area (Å²) < 4.78 is 27.6. The van der Waals surface area contributed by atoms with Gasteiger partial charge in [-0.15, -0.1) is 0 Å².